The maximum absolute atomic E-state index is 13.4. The fraction of sp³-hybridized carbons (Fsp3) is 0.233. The van der Waals surface area contributed by atoms with Crippen LogP contribution in [0.5, 0.6) is 17.2 Å². The number of nitrogens with one attached hydrogen (secondary N) is 1. The van der Waals surface area contributed by atoms with Crippen molar-refractivity contribution in [2.45, 2.75) is 33.4 Å². The molecule has 1 heterocycles. The molecule has 1 aliphatic rings. The molecule has 1 N–H and O–H groups in total. The van der Waals surface area contributed by atoms with E-state index >= 15 is 0 Å². The number of imide groups is 2. The van der Waals surface area contributed by atoms with Crippen LogP contribution in [0, 0.1) is 6.92 Å². The molecule has 0 unspecified atom stereocenters. The zero-order valence-corrected chi connectivity index (χ0v) is 23.8. The Morgan fingerprint density at radius 2 is 1.65 bits per heavy atom. The first-order chi connectivity index (χ1) is 19.2. The normalized spacial score (nSPS) is 14.4. The number of amides is 4. The molecular formula is C30H28Cl2N2O6. The molecule has 1 fully saturated rings. The lowest BCUT2D eigenvalue weighted by Gasteiger charge is -2.27. The van der Waals surface area contributed by atoms with Crippen molar-refractivity contribution in [1.29, 1.82) is 0 Å². The third-order valence-electron chi connectivity index (χ3n) is 6.06. The highest BCUT2D eigenvalue weighted by atomic mass is 35.5. The van der Waals surface area contributed by atoms with E-state index in [-0.39, 0.29) is 34.5 Å². The van der Waals surface area contributed by atoms with E-state index in [2.05, 4.69) is 5.32 Å². The van der Waals surface area contributed by atoms with Gasteiger partial charge in [-0.05, 0) is 54.8 Å². The van der Waals surface area contributed by atoms with Crippen molar-refractivity contribution in [2.24, 2.45) is 0 Å². The van der Waals surface area contributed by atoms with Crippen LogP contribution in [0.15, 0.2) is 60.2 Å². The van der Waals surface area contributed by atoms with Crippen LogP contribution in [0.1, 0.15) is 35.6 Å². The standard InChI is InChI=1S/C30H28Cl2N2O6/c1-4-11-39-25-10-9-20(12-26(25)38-3)16-34-29(36)23(28(35)33-30(34)37)14-21-13-22(31)15-24(32)27(21)40-17-19-7-5-18(2)6-8-19/h5-10,12-15H,4,11,16-17H2,1-3H3,(H,33,35,37)/b23-14+. The predicted octanol–water partition coefficient (Wildman–Crippen LogP) is 6.34. The Kier molecular flexibility index (Phi) is 9.34. The average molecular weight is 583 g/mol. The number of methoxy groups -OCH3 is 1. The van der Waals surface area contributed by atoms with Gasteiger partial charge in [0.2, 0.25) is 0 Å². The van der Waals surface area contributed by atoms with Crippen molar-refractivity contribution in [2.75, 3.05) is 13.7 Å². The van der Waals surface area contributed by atoms with E-state index in [1.807, 2.05) is 38.1 Å². The van der Waals surface area contributed by atoms with Gasteiger partial charge in [-0.1, -0.05) is 66.0 Å². The summed E-state index contributed by atoms with van der Waals surface area (Å²) in [5, 5.41) is 2.72. The molecule has 8 nitrogen and oxygen atoms in total. The lowest BCUT2D eigenvalue weighted by Crippen LogP contribution is -2.53. The van der Waals surface area contributed by atoms with Crippen LogP contribution in [0.25, 0.3) is 6.08 Å². The van der Waals surface area contributed by atoms with Crippen LogP contribution >= 0.6 is 23.2 Å². The van der Waals surface area contributed by atoms with E-state index in [1.54, 1.807) is 18.2 Å². The molecular weight excluding hydrogens is 555 g/mol. The highest BCUT2D eigenvalue weighted by Gasteiger charge is 2.36. The predicted molar refractivity (Wildman–Crippen MR) is 153 cm³/mol. The Morgan fingerprint density at radius 3 is 2.35 bits per heavy atom. The number of carbonyl (C=O) groups is 3. The monoisotopic (exact) mass is 582 g/mol. The minimum Gasteiger partial charge on any atom is -0.493 e. The molecule has 0 saturated carbocycles. The Balaban J connectivity index is 1.62. The van der Waals surface area contributed by atoms with E-state index in [1.165, 1.54) is 25.3 Å². The highest BCUT2D eigenvalue weighted by Crippen LogP contribution is 2.35. The second-order valence-electron chi connectivity index (χ2n) is 9.12. The van der Waals surface area contributed by atoms with Crippen LogP contribution in [-0.2, 0) is 22.7 Å². The molecule has 0 bridgehead atoms. The van der Waals surface area contributed by atoms with Crippen LogP contribution < -0.4 is 19.5 Å². The Labute approximate surface area is 242 Å². The summed E-state index contributed by atoms with van der Waals surface area (Å²) >= 11 is 12.7. The number of barbiturate groups is 1. The second kappa shape index (κ2) is 12.9. The second-order valence-corrected chi connectivity index (χ2v) is 9.97. The minimum atomic E-state index is -0.840. The van der Waals surface area contributed by atoms with Crippen molar-refractivity contribution >= 4 is 47.1 Å². The summed E-state index contributed by atoms with van der Waals surface area (Å²) in [4.78, 5) is 39.8. The Morgan fingerprint density at radius 1 is 0.925 bits per heavy atom. The fourth-order valence-corrected chi connectivity index (χ4v) is 4.56. The van der Waals surface area contributed by atoms with Gasteiger partial charge in [0.25, 0.3) is 11.8 Å². The van der Waals surface area contributed by atoms with Crippen LogP contribution in [0.3, 0.4) is 0 Å². The molecule has 208 valence electrons. The summed E-state index contributed by atoms with van der Waals surface area (Å²) in [7, 11) is 1.50. The highest BCUT2D eigenvalue weighted by molar-refractivity contribution is 6.36. The van der Waals surface area contributed by atoms with Crippen molar-refractivity contribution in [3.8, 4) is 17.2 Å². The number of benzene rings is 3. The Bertz CT molecular complexity index is 1470. The minimum absolute atomic E-state index is 0.104. The lowest BCUT2D eigenvalue weighted by atomic mass is 10.1. The molecule has 0 aromatic heterocycles. The number of urea groups is 1. The zero-order chi connectivity index (χ0) is 28.8. The first-order valence-corrected chi connectivity index (χ1v) is 13.3. The molecule has 4 rings (SSSR count). The van der Waals surface area contributed by atoms with E-state index in [0.717, 1.165) is 22.4 Å². The number of nitrogens with zero attached hydrogens (tertiary/aromatic N) is 1. The van der Waals surface area contributed by atoms with Gasteiger partial charge in [-0.25, -0.2) is 4.79 Å². The van der Waals surface area contributed by atoms with Gasteiger partial charge >= 0.3 is 6.03 Å². The van der Waals surface area contributed by atoms with Crippen LogP contribution in [-0.4, -0.2) is 36.5 Å². The molecule has 0 radical (unpaired) electrons. The summed E-state index contributed by atoms with van der Waals surface area (Å²) in [6.07, 6.45) is 2.15. The molecule has 40 heavy (non-hydrogen) atoms. The largest absolute Gasteiger partial charge is 0.493 e. The van der Waals surface area contributed by atoms with E-state index in [4.69, 9.17) is 37.4 Å². The molecule has 0 atom stereocenters. The third-order valence-corrected chi connectivity index (χ3v) is 6.56. The quantitative estimate of drug-likeness (QED) is 0.221. The smallest absolute Gasteiger partial charge is 0.331 e. The van der Waals surface area contributed by atoms with Crippen molar-refractivity contribution in [1.82, 2.24) is 10.2 Å². The topological polar surface area (TPSA) is 94.2 Å². The van der Waals surface area contributed by atoms with Gasteiger partial charge in [0.15, 0.2) is 11.5 Å². The van der Waals surface area contributed by atoms with Crippen molar-refractivity contribution in [3.63, 3.8) is 0 Å². The summed E-state index contributed by atoms with van der Waals surface area (Å²) < 4.78 is 17.1. The van der Waals surface area contributed by atoms with E-state index in [9.17, 15) is 14.4 Å². The molecule has 3 aromatic rings. The van der Waals surface area contributed by atoms with E-state index in [0.29, 0.717) is 29.2 Å². The van der Waals surface area contributed by atoms with Crippen molar-refractivity contribution in [3.05, 3.63) is 92.5 Å². The number of hydrogen-bond donors (Lipinski definition) is 1. The third kappa shape index (κ3) is 6.76. The van der Waals surface area contributed by atoms with Gasteiger partial charge in [0.05, 0.1) is 25.3 Å². The molecule has 10 heteroatoms. The van der Waals surface area contributed by atoms with Crippen molar-refractivity contribution < 1.29 is 28.6 Å². The van der Waals surface area contributed by atoms with Gasteiger partial charge in [-0.15, -0.1) is 0 Å². The van der Waals surface area contributed by atoms with Gasteiger partial charge in [0.1, 0.15) is 17.9 Å². The average Bonchev–Trinajstić information content (AvgIpc) is 2.92. The molecule has 0 aliphatic carbocycles. The lowest BCUT2D eigenvalue weighted by molar-refractivity contribution is -0.130. The first kappa shape index (κ1) is 29.0. The summed E-state index contributed by atoms with van der Waals surface area (Å²) in [5.74, 6) is -0.358. The van der Waals surface area contributed by atoms with Crippen LogP contribution in [0.2, 0.25) is 10.0 Å². The summed E-state index contributed by atoms with van der Waals surface area (Å²) in [5.41, 5.74) is 2.66. The van der Waals surface area contributed by atoms with Gasteiger partial charge in [-0.2, -0.15) is 0 Å². The maximum Gasteiger partial charge on any atom is 0.331 e. The fourth-order valence-electron chi connectivity index (χ4n) is 4.00. The number of aryl methyl sites for hydroxylation is 1. The molecule has 0 spiro atoms. The summed E-state index contributed by atoms with van der Waals surface area (Å²) in [6.45, 7) is 4.58. The SMILES string of the molecule is CCCOc1ccc(CN2C(=O)NC(=O)/C(=C\c3cc(Cl)cc(Cl)c3OCc3ccc(C)cc3)C2=O)cc1OC. The molecule has 1 saturated heterocycles. The van der Waals surface area contributed by atoms with Gasteiger partial charge < -0.3 is 14.2 Å². The number of halogens is 2. The van der Waals surface area contributed by atoms with Gasteiger partial charge in [-0.3, -0.25) is 19.8 Å². The number of rotatable bonds is 10. The van der Waals surface area contributed by atoms with Gasteiger partial charge in [0, 0.05) is 10.6 Å². The number of ether oxygens (including phenoxy) is 3. The first-order valence-electron chi connectivity index (χ1n) is 12.6. The molecule has 3 aromatic carbocycles. The summed E-state index contributed by atoms with van der Waals surface area (Å²) in [6, 6.07) is 15.1. The zero-order valence-electron chi connectivity index (χ0n) is 22.3. The number of carbonyl (C=O) groups excluding carboxylic acids is 3. The maximum atomic E-state index is 13.4. The molecule has 1 aliphatic heterocycles. The van der Waals surface area contributed by atoms with E-state index < -0.39 is 17.8 Å². The Hall–Kier alpha value is -4.01. The number of hydrogen-bond acceptors (Lipinski definition) is 6. The van der Waals surface area contributed by atoms with Crippen LogP contribution in [0.4, 0.5) is 4.79 Å². The molecule has 4 amide bonds.